The summed E-state index contributed by atoms with van der Waals surface area (Å²) in [5.41, 5.74) is 0. The molecule has 0 amide bonds. The summed E-state index contributed by atoms with van der Waals surface area (Å²) in [4.78, 5) is 3.81. The Kier molecular flexibility index (Phi) is 3.59. The molecule has 2 rings (SSSR count). The van der Waals surface area contributed by atoms with Crippen LogP contribution in [0.4, 0.5) is 10.9 Å². The number of nitrogens with zero attached hydrogens (tertiary/aromatic N) is 4. The van der Waals surface area contributed by atoms with Crippen molar-refractivity contribution in [3.8, 4) is 0 Å². The number of hydrogen-bond acceptors (Lipinski definition) is 8. The topological polar surface area (TPSA) is 110 Å². The highest BCUT2D eigenvalue weighted by Gasteiger charge is 2.18. The van der Waals surface area contributed by atoms with Gasteiger partial charge in [0, 0.05) is 24.8 Å². The van der Waals surface area contributed by atoms with Crippen LogP contribution in [0.3, 0.4) is 0 Å². The number of pyridine rings is 1. The molecule has 2 heterocycles. The van der Waals surface area contributed by atoms with Crippen LogP contribution in [0.5, 0.6) is 0 Å². The number of halogens is 1. The third-order valence-electron chi connectivity index (χ3n) is 1.88. The first-order valence-corrected chi connectivity index (χ1v) is 7.17. The zero-order chi connectivity index (χ0) is 13.2. The van der Waals surface area contributed by atoms with Crippen molar-refractivity contribution in [2.24, 2.45) is 0 Å². The molecule has 18 heavy (non-hydrogen) atoms. The van der Waals surface area contributed by atoms with E-state index in [1.165, 1.54) is 12.3 Å². The first-order chi connectivity index (χ1) is 8.53. The van der Waals surface area contributed by atoms with Gasteiger partial charge in [0.1, 0.15) is 10.7 Å². The van der Waals surface area contributed by atoms with E-state index in [4.69, 9.17) is 11.6 Å². The average molecular weight is 307 g/mol. The van der Waals surface area contributed by atoms with Gasteiger partial charge in [-0.1, -0.05) is 21.2 Å². The van der Waals surface area contributed by atoms with Gasteiger partial charge in [-0.25, -0.2) is 13.4 Å². The van der Waals surface area contributed by atoms with Crippen LogP contribution in [0, 0.1) is 0 Å². The van der Waals surface area contributed by atoms with Crippen LogP contribution in [-0.4, -0.2) is 35.2 Å². The van der Waals surface area contributed by atoms with Crippen LogP contribution in [0.1, 0.15) is 0 Å². The van der Waals surface area contributed by atoms with E-state index in [9.17, 15) is 8.42 Å². The summed E-state index contributed by atoms with van der Waals surface area (Å²) < 4.78 is 29.5. The minimum absolute atomic E-state index is 0.0679. The monoisotopic (exact) mass is 306 g/mol. The number of aromatic nitrogens is 4. The van der Waals surface area contributed by atoms with E-state index in [0.717, 1.165) is 11.5 Å². The van der Waals surface area contributed by atoms with E-state index in [1.54, 1.807) is 7.05 Å². The fraction of sp³-hybridized carbons (Fsp3) is 0.143. The Balaban J connectivity index is 2.33. The van der Waals surface area contributed by atoms with Crippen molar-refractivity contribution < 1.29 is 8.42 Å². The zero-order valence-electron chi connectivity index (χ0n) is 8.95. The van der Waals surface area contributed by atoms with Gasteiger partial charge in [-0.05, 0) is 11.3 Å². The summed E-state index contributed by atoms with van der Waals surface area (Å²) in [6.45, 7) is 0. The number of hydrogen-bond donors (Lipinski definition) is 2. The quantitative estimate of drug-likeness (QED) is 0.860. The summed E-state index contributed by atoms with van der Waals surface area (Å²) in [5.74, 6) is 0.396. The summed E-state index contributed by atoms with van der Waals surface area (Å²) >= 11 is 6.69. The summed E-state index contributed by atoms with van der Waals surface area (Å²) in [6, 6.07) is 1.29. The summed E-state index contributed by atoms with van der Waals surface area (Å²) in [7, 11) is -2.16. The standard InChI is InChI=1S/C7H7ClN6O2S2/c1-9-6-5(8)2-4(3-10-6)18(15,16)12-7-11-13-14-17-7/h2-3H,1H3,(H,9,10)(H,11,12,14). The van der Waals surface area contributed by atoms with E-state index >= 15 is 0 Å². The van der Waals surface area contributed by atoms with Gasteiger partial charge in [0.15, 0.2) is 0 Å². The van der Waals surface area contributed by atoms with Gasteiger partial charge in [0.25, 0.3) is 10.0 Å². The molecule has 0 aromatic carbocycles. The van der Waals surface area contributed by atoms with Gasteiger partial charge >= 0.3 is 0 Å². The smallest absolute Gasteiger partial charge is 0.265 e. The van der Waals surface area contributed by atoms with Gasteiger partial charge in [-0.3, -0.25) is 4.72 Å². The molecule has 96 valence electrons. The number of anilines is 2. The van der Waals surface area contributed by atoms with E-state index in [1.807, 2.05) is 0 Å². The molecule has 0 radical (unpaired) electrons. The largest absolute Gasteiger partial charge is 0.372 e. The lowest BCUT2D eigenvalue weighted by Crippen LogP contribution is -2.13. The molecule has 0 bridgehead atoms. The molecule has 0 spiro atoms. The first kappa shape index (κ1) is 12.9. The Morgan fingerprint density at radius 3 is 2.78 bits per heavy atom. The molecule has 2 aromatic rings. The molecule has 0 saturated heterocycles. The Hall–Kier alpha value is -1.52. The minimum atomic E-state index is -3.79. The second-order valence-electron chi connectivity index (χ2n) is 3.02. The highest BCUT2D eigenvalue weighted by molar-refractivity contribution is 7.93. The normalized spacial score (nSPS) is 11.2. The van der Waals surface area contributed by atoms with Crippen molar-refractivity contribution in [1.29, 1.82) is 0 Å². The van der Waals surface area contributed by atoms with Crippen LogP contribution in [0.25, 0.3) is 0 Å². The fourth-order valence-electron chi connectivity index (χ4n) is 1.10. The number of sulfonamides is 1. The van der Waals surface area contributed by atoms with Gasteiger partial charge in [0.2, 0.25) is 5.13 Å². The number of rotatable bonds is 4. The van der Waals surface area contributed by atoms with Gasteiger partial charge in [-0.2, -0.15) is 0 Å². The molecule has 0 unspecified atom stereocenters. The summed E-state index contributed by atoms with van der Waals surface area (Å²) in [6.07, 6.45) is 1.19. The molecule has 0 fully saturated rings. The first-order valence-electron chi connectivity index (χ1n) is 4.54. The molecular weight excluding hydrogens is 300 g/mol. The van der Waals surface area contributed by atoms with Gasteiger partial charge in [-0.15, -0.1) is 0 Å². The molecule has 11 heteroatoms. The van der Waals surface area contributed by atoms with Crippen molar-refractivity contribution in [1.82, 2.24) is 19.8 Å². The maximum Gasteiger partial charge on any atom is 0.265 e. The third-order valence-corrected chi connectivity index (χ3v) is 4.12. The molecular formula is C7H7ClN6O2S2. The van der Waals surface area contributed by atoms with Crippen molar-refractivity contribution in [2.45, 2.75) is 4.90 Å². The Morgan fingerprint density at radius 2 is 2.22 bits per heavy atom. The van der Waals surface area contributed by atoms with Crippen molar-refractivity contribution in [2.75, 3.05) is 17.1 Å². The fourth-order valence-corrected chi connectivity index (χ4v) is 2.98. The lowest BCUT2D eigenvalue weighted by molar-refractivity contribution is 0.600. The van der Waals surface area contributed by atoms with Gasteiger partial charge in [0.05, 0.1) is 5.02 Å². The lowest BCUT2D eigenvalue weighted by atomic mass is 10.4. The van der Waals surface area contributed by atoms with E-state index in [0.29, 0.717) is 5.82 Å². The van der Waals surface area contributed by atoms with Crippen LogP contribution in [0.2, 0.25) is 5.02 Å². The average Bonchev–Trinajstić information content (AvgIpc) is 2.81. The minimum Gasteiger partial charge on any atom is -0.372 e. The molecule has 0 aliphatic carbocycles. The Labute approximate surface area is 112 Å². The molecule has 2 aromatic heterocycles. The molecule has 2 N–H and O–H groups in total. The highest BCUT2D eigenvalue weighted by Crippen LogP contribution is 2.23. The second-order valence-corrected chi connectivity index (χ2v) is 5.85. The maximum atomic E-state index is 11.9. The van der Waals surface area contributed by atoms with Crippen LogP contribution in [0.15, 0.2) is 17.2 Å². The Bertz CT molecular complexity index is 644. The predicted octanol–water partition coefficient (Wildman–Crippen LogP) is 0.824. The van der Waals surface area contributed by atoms with E-state index in [-0.39, 0.29) is 15.0 Å². The van der Waals surface area contributed by atoms with Crippen LogP contribution >= 0.6 is 23.1 Å². The molecule has 0 aliphatic rings. The maximum absolute atomic E-state index is 11.9. The third kappa shape index (κ3) is 2.66. The predicted molar refractivity (Wildman–Crippen MR) is 67.3 cm³/mol. The SMILES string of the molecule is CNc1ncc(S(=O)(=O)Nc2nnns2)cc1Cl. The van der Waals surface area contributed by atoms with E-state index in [2.05, 4.69) is 29.8 Å². The van der Waals surface area contributed by atoms with Gasteiger partial charge < -0.3 is 5.32 Å². The van der Waals surface area contributed by atoms with Crippen molar-refractivity contribution in [3.05, 3.63) is 17.3 Å². The van der Waals surface area contributed by atoms with E-state index < -0.39 is 10.0 Å². The molecule has 0 aliphatic heterocycles. The molecule has 0 atom stereocenters. The highest BCUT2D eigenvalue weighted by atomic mass is 35.5. The zero-order valence-corrected chi connectivity index (χ0v) is 11.3. The summed E-state index contributed by atoms with van der Waals surface area (Å²) in [5, 5.41) is 9.78. The Morgan fingerprint density at radius 1 is 1.44 bits per heavy atom. The van der Waals surface area contributed by atoms with Crippen molar-refractivity contribution in [3.63, 3.8) is 0 Å². The van der Waals surface area contributed by atoms with Crippen LogP contribution < -0.4 is 10.0 Å². The second kappa shape index (κ2) is 5.00. The molecule has 8 nitrogen and oxygen atoms in total. The lowest BCUT2D eigenvalue weighted by Gasteiger charge is -2.06. The van der Waals surface area contributed by atoms with Crippen molar-refractivity contribution >= 4 is 44.1 Å². The number of nitrogens with one attached hydrogen (secondary N) is 2. The molecule has 0 saturated carbocycles. The van der Waals surface area contributed by atoms with Crippen LogP contribution in [-0.2, 0) is 10.0 Å².